The molecule has 0 aromatic carbocycles. The van der Waals surface area contributed by atoms with Gasteiger partial charge in [-0.3, -0.25) is 19.2 Å². The molecule has 0 unspecified atom stereocenters. The summed E-state index contributed by atoms with van der Waals surface area (Å²) in [7, 11) is 0. The zero-order valence-corrected chi connectivity index (χ0v) is 16.8. The van der Waals surface area contributed by atoms with Crippen LogP contribution in [0.2, 0.25) is 0 Å². The second kappa shape index (κ2) is 10.1. The fourth-order valence-electron chi connectivity index (χ4n) is 2.66. The van der Waals surface area contributed by atoms with Crippen molar-refractivity contribution >= 4 is 40.5 Å². The van der Waals surface area contributed by atoms with Gasteiger partial charge in [0.1, 0.15) is 12.7 Å². The van der Waals surface area contributed by atoms with Gasteiger partial charge in [0.05, 0.1) is 0 Å². The van der Waals surface area contributed by atoms with Crippen LogP contribution in [-0.4, -0.2) is 75.9 Å². The van der Waals surface area contributed by atoms with E-state index in [-0.39, 0.29) is 11.7 Å². The first-order valence-electron chi connectivity index (χ1n) is 8.39. The van der Waals surface area contributed by atoms with E-state index in [1.54, 1.807) is 0 Å². The van der Waals surface area contributed by atoms with Crippen molar-refractivity contribution in [3.63, 3.8) is 0 Å². The Hall–Kier alpha value is -2.87. The summed E-state index contributed by atoms with van der Waals surface area (Å²) in [6, 6.07) is 0. The van der Waals surface area contributed by atoms with Gasteiger partial charge in [-0.15, -0.1) is 0 Å². The molecule has 0 spiro atoms. The monoisotopic (exact) mass is 432 g/mol. The van der Waals surface area contributed by atoms with Gasteiger partial charge in [-0.1, -0.05) is 9.59 Å². The summed E-state index contributed by atoms with van der Waals surface area (Å²) in [6.07, 6.45) is -5.85. The van der Waals surface area contributed by atoms with Crippen molar-refractivity contribution in [2.24, 2.45) is 0 Å². The van der Waals surface area contributed by atoms with E-state index in [1.807, 2.05) is 0 Å². The molecule has 5 atom stereocenters. The fraction of sp³-hybridized carbons (Fsp3) is 0.667. The number of carbonyl (C=O) groups is 4. The zero-order valence-electron chi connectivity index (χ0n) is 16.0. The summed E-state index contributed by atoms with van der Waals surface area (Å²) < 4.78 is 30.3. The van der Waals surface area contributed by atoms with E-state index in [1.165, 1.54) is 6.92 Å². The van der Waals surface area contributed by atoms with Gasteiger partial charge in [0.15, 0.2) is 24.5 Å². The van der Waals surface area contributed by atoms with Crippen molar-refractivity contribution in [3.05, 3.63) is 0 Å². The molecule has 0 amide bonds. The highest BCUT2D eigenvalue weighted by atomic mass is 32.1. The number of anilines is 1. The van der Waals surface area contributed by atoms with Crippen molar-refractivity contribution in [3.8, 4) is 0 Å². The molecule has 1 N–H and O–H groups in total. The highest BCUT2D eigenvalue weighted by Gasteiger charge is 2.52. The van der Waals surface area contributed by atoms with E-state index >= 15 is 0 Å². The maximum Gasteiger partial charge on any atom is 0.303 e. The maximum atomic E-state index is 11.7. The third-order valence-corrected chi connectivity index (χ3v) is 4.08. The van der Waals surface area contributed by atoms with Crippen LogP contribution in [0, 0.1) is 0 Å². The van der Waals surface area contributed by atoms with Crippen molar-refractivity contribution in [1.82, 2.24) is 14.8 Å². The summed E-state index contributed by atoms with van der Waals surface area (Å²) >= 11 is 0.901. The molecule has 14 heteroatoms. The van der Waals surface area contributed by atoms with E-state index in [0.29, 0.717) is 0 Å². The van der Waals surface area contributed by atoms with Crippen LogP contribution in [0.5, 0.6) is 0 Å². The summed E-state index contributed by atoms with van der Waals surface area (Å²) in [5, 5.41) is 10.2. The predicted molar refractivity (Wildman–Crippen MR) is 93.3 cm³/mol. The molecule has 1 aliphatic rings. The van der Waals surface area contributed by atoms with Crippen molar-refractivity contribution in [1.29, 1.82) is 0 Å². The van der Waals surface area contributed by atoms with E-state index in [4.69, 9.17) is 23.7 Å². The van der Waals surface area contributed by atoms with Crippen molar-refractivity contribution in [2.75, 3.05) is 11.9 Å². The van der Waals surface area contributed by atoms with Crippen molar-refractivity contribution < 1.29 is 42.9 Å². The van der Waals surface area contributed by atoms with Gasteiger partial charge >= 0.3 is 23.9 Å². The molecule has 0 bridgehead atoms. The Morgan fingerprint density at radius 3 is 2.03 bits per heavy atom. The highest BCUT2D eigenvalue weighted by Crippen LogP contribution is 2.30. The Morgan fingerprint density at radius 1 is 0.931 bits per heavy atom. The quantitative estimate of drug-likeness (QED) is 0.430. The largest absolute Gasteiger partial charge is 0.463 e. The van der Waals surface area contributed by atoms with Crippen LogP contribution in [0.25, 0.3) is 0 Å². The third-order valence-electron chi connectivity index (χ3n) is 3.56. The van der Waals surface area contributed by atoms with Crippen LogP contribution in [-0.2, 0) is 42.9 Å². The van der Waals surface area contributed by atoms with Gasteiger partial charge in [0.25, 0.3) is 0 Å². The normalized spacial score (nSPS) is 26.1. The minimum absolute atomic E-state index is 0.228. The second-order valence-electron chi connectivity index (χ2n) is 5.93. The molecule has 0 radical (unpaired) electrons. The first-order valence-corrected chi connectivity index (χ1v) is 9.16. The number of carbonyl (C=O) groups excluding carboxylic acids is 4. The smallest absolute Gasteiger partial charge is 0.303 e. The third kappa shape index (κ3) is 6.60. The molecule has 2 rings (SSSR count). The van der Waals surface area contributed by atoms with Gasteiger partial charge in [-0.05, 0) is 5.21 Å². The first kappa shape index (κ1) is 22.4. The number of esters is 4. The maximum absolute atomic E-state index is 11.7. The summed E-state index contributed by atoms with van der Waals surface area (Å²) in [5.41, 5.74) is 0. The average Bonchev–Trinajstić information content (AvgIpc) is 3.10. The van der Waals surface area contributed by atoms with Gasteiger partial charge in [0, 0.05) is 39.2 Å². The Morgan fingerprint density at radius 2 is 1.52 bits per heavy atom. The lowest BCUT2D eigenvalue weighted by Gasteiger charge is -2.44. The summed E-state index contributed by atoms with van der Waals surface area (Å²) in [5.74, 6) is -2.71. The number of nitrogens with zero attached hydrogens (tertiary/aromatic N) is 3. The van der Waals surface area contributed by atoms with Crippen LogP contribution in [0.1, 0.15) is 27.7 Å². The van der Waals surface area contributed by atoms with Gasteiger partial charge in [-0.25, -0.2) is 0 Å². The minimum Gasteiger partial charge on any atom is -0.463 e. The van der Waals surface area contributed by atoms with E-state index < -0.39 is 54.5 Å². The molecule has 160 valence electrons. The molecule has 0 aliphatic carbocycles. The van der Waals surface area contributed by atoms with Crippen LogP contribution < -0.4 is 5.32 Å². The lowest BCUT2D eigenvalue weighted by molar-refractivity contribution is -0.247. The standard InChI is InChI=1S/C15H20N4O9S/c1-6(20)24-5-10-11(25-7(2)21)12(26-8(3)22)13(27-9(4)23)14(28-10)16-15-17-18-19-29-15/h10-14H,5H2,1-4H3,(H,16,17,19)/t10-,11-,12+,13-,14-/m0/s1. The predicted octanol–water partition coefficient (Wildman–Crippen LogP) is -0.572. The van der Waals surface area contributed by atoms with Gasteiger partial charge < -0.3 is 29.0 Å². The molecule has 29 heavy (non-hydrogen) atoms. The zero-order chi connectivity index (χ0) is 21.6. The Bertz CT molecular complexity index is 744. The Balaban J connectivity index is 2.40. The lowest BCUT2D eigenvalue weighted by Crippen LogP contribution is -2.64. The number of hydrogen-bond donors (Lipinski definition) is 1. The van der Waals surface area contributed by atoms with E-state index in [2.05, 4.69) is 20.1 Å². The minimum atomic E-state index is -1.26. The molecule has 1 aromatic rings. The first-order chi connectivity index (χ1) is 13.7. The molecule has 1 saturated heterocycles. The van der Waals surface area contributed by atoms with Gasteiger partial charge in [0.2, 0.25) is 5.13 Å². The molecule has 2 heterocycles. The molecule has 13 nitrogen and oxygen atoms in total. The Labute approximate surface area is 169 Å². The van der Waals surface area contributed by atoms with Crippen LogP contribution in [0.3, 0.4) is 0 Å². The van der Waals surface area contributed by atoms with Crippen LogP contribution >= 0.6 is 11.5 Å². The topological polar surface area (TPSA) is 165 Å². The van der Waals surface area contributed by atoms with E-state index in [9.17, 15) is 19.2 Å². The van der Waals surface area contributed by atoms with Gasteiger partial charge in [-0.2, -0.15) is 0 Å². The lowest BCUT2D eigenvalue weighted by atomic mass is 9.97. The molecular formula is C15H20N4O9S. The molecule has 1 fully saturated rings. The number of hydrogen-bond acceptors (Lipinski definition) is 14. The van der Waals surface area contributed by atoms with Crippen LogP contribution in [0.4, 0.5) is 5.13 Å². The van der Waals surface area contributed by atoms with E-state index in [0.717, 1.165) is 32.3 Å². The molecule has 0 saturated carbocycles. The Kier molecular flexibility index (Phi) is 7.78. The summed E-state index contributed by atoms with van der Waals surface area (Å²) in [4.78, 5) is 46.2. The number of rotatable bonds is 7. The molecule has 1 aromatic heterocycles. The summed E-state index contributed by atoms with van der Waals surface area (Å²) in [6.45, 7) is 4.32. The SMILES string of the molecule is CC(=O)OC[C@@H]1O[C@H](Nc2nnns2)[C@@H](OC(C)=O)[C@H](OC(C)=O)[C@H]1OC(C)=O. The second-order valence-corrected chi connectivity index (χ2v) is 6.66. The van der Waals surface area contributed by atoms with Crippen molar-refractivity contribution in [2.45, 2.75) is 58.3 Å². The number of aromatic nitrogens is 3. The molecular weight excluding hydrogens is 412 g/mol. The fourth-order valence-corrected chi connectivity index (χ4v) is 3.05. The number of ether oxygens (including phenoxy) is 5. The highest BCUT2D eigenvalue weighted by molar-refractivity contribution is 7.09. The molecule has 1 aliphatic heterocycles. The van der Waals surface area contributed by atoms with Crippen LogP contribution in [0.15, 0.2) is 0 Å². The average molecular weight is 432 g/mol. The number of nitrogens with one attached hydrogen (secondary N) is 1.